The largest absolute Gasteiger partial charge is 0.380 e. The topological polar surface area (TPSA) is 24.5 Å². The van der Waals surface area contributed by atoms with E-state index in [4.69, 9.17) is 4.74 Å². The maximum atomic E-state index is 5.44. The number of unbranched alkanes of at least 4 members (excludes halogenated alkanes) is 2. The number of rotatable bonds is 8. The predicted molar refractivity (Wildman–Crippen MR) is 68.9 cm³/mol. The second kappa shape index (κ2) is 10.1. The van der Waals surface area contributed by atoms with Gasteiger partial charge in [-0.2, -0.15) is 0 Å². The Bertz CT molecular complexity index is 145. The zero-order chi connectivity index (χ0) is 11.5. The molecule has 1 N–H and O–H groups in total. The number of hydrogen-bond acceptors (Lipinski definition) is 3. The van der Waals surface area contributed by atoms with E-state index in [-0.39, 0.29) is 0 Å². The van der Waals surface area contributed by atoms with Gasteiger partial charge in [0.25, 0.3) is 0 Å². The fourth-order valence-electron chi connectivity index (χ4n) is 2.09. The van der Waals surface area contributed by atoms with Crippen molar-refractivity contribution in [2.24, 2.45) is 0 Å². The molecule has 0 atom stereocenters. The number of ether oxygens (including phenoxy) is 1. The van der Waals surface area contributed by atoms with Crippen LogP contribution in [0.1, 0.15) is 39.0 Å². The van der Waals surface area contributed by atoms with Gasteiger partial charge in [0.2, 0.25) is 0 Å². The Morgan fingerprint density at radius 3 is 2.88 bits per heavy atom. The Hall–Kier alpha value is -0.120. The Balaban J connectivity index is 1.86. The van der Waals surface area contributed by atoms with Crippen LogP contribution < -0.4 is 5.32 Å². The van der Waals surface area contributed by atoms with Crippen LogP contribution in [-0.2, 0) is 4.74 Å². The second-order valence-electron chi connectivity index (χ2n) is 4.62. The lowest BCUT2D eigenvalue weighted by Crippen LogP contribution is -2.27. The molecule has 1 aliphatic heterocycles. The van der Waals surface area contributed by atoms with Crippen LogP contribution in [0.4, 0.5) is 0 Å². The average molecular weight is 228 g/mol. The lowest BCUT2D eigenvalue weighted by molar-refractivity contribution is 0.141. The van der Waals surface area contributed by atoms with Gasteiger partial charge in [-0.15, -0.1) is 0 Å². The molecular weight excluding hydrogens is 200 g/mol. The van der Waals surface area contributed by atoms with E-state index in [2.05, 4.69) is 17.1 Å². The Morgan fingerprint density at radius 1 is 1.06 bits per heavy atom. The van der Waals surface area contributed by atoms with E-state index < -0.39 is 0 Å². The van der Waals surface area contributed by atoms with Crippen LogP contribution in [0.15, 0.2) is 0 Å². The monoisotopic (exact) mass is 228 g/mol. The summed E-state index contributed by atoms with van der Waals surface area (Å²) >= 11 is 0. The molecule has 0 amide bonds. The van der Waals surface area contributed by atoms with Gasteiger partial charge >= 0.3 is 0 Å². The first kappa shape index (κ1) is 13.9. The van der Waals surface area contributed by atoms with Crippen molar-refractivity contribution in [3.05, 3.63) is 0 Å². The lowest BCUT2D eigenvalue weighted by atomic mass is 10.2. The van der Waals surface area contributed by atoms with E-state index in [1.165, 1.54) is 58.3 Å². The zero-order valence-electron chi connectivity index (χ0n) is 10.8. The average Bonchev–Trinajstić information content (AvgIpc) is 2.56. The quantitative estimate of drug-likeness (QED) is 0.642. The molecule has 0 radical (unpaired) electrons. The molecule has 1 aliphatic rings. The summed E-state index contributed by atoms with van der Waals surface area (Å²) in [5.41, 5.74) is 0. The molecule has 0 bridgehead atoms. The van der Waals surface area contributed by atoms with Crippen LogP contribution in [0.3, 0.4) is 0 Å². The number of hydrogen-bond donors (Lipinski definition) is 1. The minimum atomic E-state index is 0.929. The molecule has 0 aromatic rings. The van der Waals surface area contributed by atoms with Crippen molar-refractivity contribution in [1.82, 2.24) is 10.2 Å². The van der Waals surface area contributed by atoms with Gasteiger partial charge in [-0.05, 0) is 45.3 Å². The van der Waals surface area contributed by atoms with Gasteiger partial charge in [-0.1, -0.05) is 13.3 Å². The van der Waals surface area contributed by atoms with E-state index in [0.29, 0.717) is 0 Å². The molecule has 0 spiro atoms. The molecule has 0 unspecified atom stereocenters. The third-order valence-corrected chi connectivity index (χ3v) is 3.07. The van der Waals surface area contributed by atoms with Crippen molar-refractivity contribution < 1.29 is 4.74 Å². The molecule has 1 saturated heterocycles. The molecule has 0 aromatic carbocycles. The van der Waals surface area contributed by atoms with Crippen molar-refractivity contribution in [3.63, 3.8) is 0 Å². The van der Waals surface area contributed by atoms with Gasteiger partial charge in [0, 0.05) is 19.7 Å². The molecule has 0 aromatic heterocycles. The first-order valence-electron chi connectivity index (χ1n) is 6.94. The van der Waals surface area contributed by atoms with Crippen molar-refractivity contribution in [3.8, 4) is 0 Å². The summed E-state index contributed by atoms with van der Waals surface area (Å²) in [5, 5.41) is 3.45. The van der Waals surface area contributed by atoms with Crippen molar-refractivity contribution >= 4 is 0 Å². The normalized spacial score (nSPS) is 18.6. The van der Waals surface area contributed by atoms with Crippen LogP contribution in [0.5, 0.6) is 0 Å². The van der Waals surface area contributed by atoms with Gasteiger partial charge in [-0.25, -0.2) is 0 Å². The maximum Gasteiger partial charge on any atom is 0.0593 e. The molecule has 3 heteroatoms. The van der Waals surface area contributed by atoms with Crippen LogP contribution in [0.25, 0.3) is 0 Å². The lowest BCUT2D eigenvalue weighted by Gasteiger charge is -2.18. The van der Waals surface area contributed by atoms with Crippen molar-refractivity contribution in [2.45, 2.75) is 39.0 Å². The van der Waals surface area contributed by atoms with Crippen LogP contribution in [-0.4, -0.2) is 50.8 Å². The molecule has 96 valence electrons. The molecule has 1 fully saturated rings. The van der Waals surface area contributed by atoms with E-state index in [1.807, 2.05) is 0 Å². The highest BCUT2D eigenvalue weighted by Gasteiger charge is 2.07. The predicted octanol–water partition coefficient (Wildman–Crippen LogP) is 1.88. The van der Waals surface area contributed by atoms with Gasteiger partial charge in [0.15, 0.2) is 0 Å². The molecule has 16 heavy (non-hydrogen) atoms. The molecule has 1 rings (SSSR count). The van der Waals surface area contributed by atoms with Crippen molar-refractivity contribution in [2.75, 3.05) is 45.9 Å². The summed E-state index contributed by atoms with van der Waals surface area (Å²) in [5.74, 6) is 0. The minimum absolute atomic E-state index is 0.929. The first-order valence-corrected chi connectivity index (χ1v) is 6.94. The SMILES string of the molecule is CCCNCCCCCN1CCCOCC1. The van der Waals surface area contributed by atoms with Crippen LogP contribution >= 0.6 is 0 Å². The van der Waals surface area contributed by atoms with E-state index in [1.54, 1.807) is 0 Å². The number of nitrogens with zero attached hydrogens (tertiary/aromatic N) is 1. The van der Waals surface area contributed by atoms with Crippen LogP contribution in [0.2, 0.25) is 0 Å². The smallest absolute Gasteiger partial charge is 0.0593 e. The highest BCUT2D eigenvalue weighted by atomic mass is 16.5. The highest BCUT2D eigenvalue weighted by Crippen LogP contribution is 2.02. The fraction of sp³-hybridized carbons (Fsp3) is 1.00. The second-order valence-corrected chi connectivity index (χ2v) is 4.62. The van der Waals surface area contributed by atoms with Crippen molar-refractivity contribution in [1.29, 1.82) is 0 Å². The molecule has 3 nitrogen and oxygen atoms in total. The van der Waals surface area contributed by atoms with Gasteiger partial charge in [0.1, 0.15) is 0 Å². The van der Waals surface area contributed by atoms with Gasteiger partial charge < -0.3 is 15.0 Å². The minimum Gasteiger partial charge on any atom is -0.380 e. The standard InChI is InChI=1S/C13H28N2O/c1-2-7-14-8-4-3-5-9-15-10-6-12-16-13-11-15/h14H,2-13H2,1H3. The summed E-state index contributed by atoms with van der Waals surface area (Å²) < 4.78 is 5.44. The Kier molecular flexibility index (Phi) is 8.77. The molecular formula is C13H28N2O. The first-order chi connectivity index (χ1) is 7.93. The third kappa shape index (κ3) is 7.20. The summed E-state index contributed by atoms with van der Waals surface area (Å²) in [6, 6.07) is 0. The Labute approximate surface area is 101 Å². The van der Waals surface area contributed by atoms with E-state index in [0.717, 1.165) is 19.8 Å². The summed E-state index contributed by atoms with van der Waals surface area (Å²) in [6.45, 7) is 10.1. The van der Waals surface area contributed by atoms with E-state index in [9.17, 15) is 0 Å². The Morgan fingerprint density at radius 2 is 2.00 bits per heavy atom. The molecule has 1 heterocycles. The van der Waals surface area contributed by atoms with E-state index >= 15 is 0 Å². The third-order valence-electron chi connectivity index (χ3n) is 3.07. The maximum absolute atomic E-state index is 5.44. The fourth-order valence-corrected chi connectivity index (χ4v) is 2.09. The zero-order valence-corrected chi connectivity index (χ0v) is 10.8. The molecule has 0 aliphatic carbocycles. The summed E-state index contributed by atoms with van der Waals surface area (Å²) in [6.07, 6.45) is 6.47. The molecule has 0 saturated carbocycles. The summed E-state index contributed by atoms with van der Waals surface area (Å²) in [7, 11) is 0. The highest BCUT2D eigenvalue weighted by molar-refractivity contribution is 4.61. The van der Waals surface area contributed by atoms with Crippen LogP contribution in [0, 0.1) is 0 Å². The number of nitrogens with one attached hydrogen (secondary N) is 1. The van der Waals surface area contributed by atoms with Gasteiger partial charge in [0.05, 0.1) is 6.61 Å². The van der Waals surface area contributed by atoms with Gasteiger partial charge in [-0.3, -0.25) is 0 Å². The summed E-state index contributed by atoms with van der Waals surface area (Å²) in [4.78, 5) is 2.55.